The van der Waals surface area contributed by atoms with Crippen LogP contribution < -0.4 is 5.48 Å². The van der Waals surface area contributed by atoms with E-state index in [2.05, 4.69) is 10.3 Å². The summed E-state index contributed by atoms with van der Waals surface area (Å²) in [6.07, 6.45) is -1.17. The molecule has 1 atom stereocenters. The van der Waals surface area contributed by atoms with Gasteiger partial charge in [-0.3, -0.25) is 0 Å². The largest absolute Gasteiger partial charge is 0.508 e. The third kappa shape index (κ3) is 2.68. The summed E-state index contributed by atoms with van der Waals surface area (Å²) in [5, 5.41) is 9.34. The maximum absolute atomic E-state index is 13.0. The Morgan fingerprint density at radius 3 is 2.86 bits per heavy atom. The van der Waals surface area contributed by atoms with Crippen molar-refractivity contribution in [3.05, 3.63) is 29.3 Å². The molecule has 78 valence electrons. The number of hydrogen-bond donors (Lipinski definition) is 2. The van der Waals surface area contributed by atoms with Crippen molar-refractivity contribution in [2.24, 2.45) is 0 Å². The van der Waals surface area contributed by atoms with Crippen LogP contribution in [0.15, 0.2) is 18.2 Å². The zero-order chi connectivity index (χ0) is 10.6. The lowest BCUT2D eigenvalue weighted by molar-refractivity contribution is 0.0866. The fraction of sp³-hybridized carbons (Fsp3) is 0.400. The topological polar surface area (TPSA) is 41.5 Å². The molecule has 1 unspecified atom stereocenters. The number of benzene rings is 1. The van der Waals surface area contributed by atoms with E-state index in [1.54, 1.807) is 12.1 Å². The third-order valence-electron chi connectivity index (χ3n) is 1.94. The molecule has 0 heterocycles. The maximum atomic E-state index is 13.0. The molecule has 0 aromatic heterocycles. The minimum atomic E-state index is -1.17. The third-order valence-corrected chi connectivity index (χ3v) is 1.94. The minimum Gasteiger partial charge on any atom is -0.508 e. The number of hydrogen-bond acceptors (Lipinski definition) is 3. The minimum absolute atomic E-state index is 0.0128. The standard InChI is InChI=1S/C10H14FNO2/c1-7(11)9-5-8(6-12-14-2)3-4-10(9)13/h3-5,7,12-13H,6H2,1-2H3. The highest BCUT2D eigenvalue weighted by atomic mass is 19.1. The SMILES string of the molecule is CONCc1ccc(O)c(C(C)F)c1. The Kier molecular flexibility index (Phi) is 3.85. The molecule has 0 radical (unpaired) electrons. The van der Waals surface area contributed by atoms with Crippen LogP contribution >= 0.6 is 0 Å². The molecule has 1 aromatic carbocycles. The number of halogens is 1. The van der Waals surface area contributed by atoms with Crippen molar-refractivity contribution in [3.8, 4) is 5.75 Å². The van der Waals surface area contributed by atoms with Crippen molar-refractivity contribution >= 4 is 0 Å². The van der Waals surface area contributed by atoms with Crippen molar-refractivity contribution in [1.29, 1.82) is 0 Å². The highest BCUT2D eigenvalue weighted by Crippen LogP contribution is 2.27. The summed E-state index contributed by atoms with van der Waals surface area (Å²) in [6.45, 7) is 1.87. The smallest absolute Gasteiger partial charge is 0.126 e. The van der Waals surface area contributed by atoms with Gasteiger partial charge in [0.25, 0.3) is 0 Å². The van der Waals surface area contributed by atoms with Gasteiger partial charge in [0.15, 0.2) is 0 Å². The average molecular weight is 199 g/mol. The van der Waals surface area contributed by atoms with Gasteiger partial charge in [-0.15, -0.1) is 0 Å². The zero-order valence-corrected chi connectivity index (χ0v) is 8.25. The summed E-state index contributed by atoms with van der Waals surface area (Å²) in [5.41, 5.74) is 3.82. The summed E-state index contributed by atoms with van der Waals surface area (Å²) in [4.78, 5) is 4.67. The predicted octanol–water partition coefficient (Wildman–Crippen LogP) is 2.07. The molecule has 1 rings (SSSR count). The molecule has 0 fully saturated rings. The van der Waals surface area contributed by atoms with Crippen LogP contribution in [0.3, 0.4) is 0 Å². The lowest BCUT2D eigenvalue weighted by Gasteiger charge is -2.08. The van der Waals surface area contributed by atoms with E-state index in [1.807, 2.05) is 0 Å². The number of phenolic OH excluding ortho intramolecular Hbond substituents is 1. The van der Waals surface area contributed by atoms with Gasteiger partial charge in [-0.05, 0) is 24.6 Å². The Hall–Kier alpha value is -1.13. The Morgan fingerprint density at radius 2 is 2.29 bits per heavy atom. The first-order valence-corrected chi connectivity index (χ1v) is 4.37. The monoisotopic (exact) mass is 199 g/mol. The van der Waals surface area contributed by atoms with Crippen LogP contribution in [0.4, 0.5) is 4.39 Å². The van der Waals surface area contributed by atoms with Gasteiger partial charge in [0.05, 0.1) is 7.11 Å². The van der Waals surface area contributed by atoms with Crippen LogP contribution in [0.5, 0.6) is 5.75 Å². The summed E-state index contributed by atoms with van der Waals surface area (Å²) >= 11 is 0. The number of aromatic hydroxyl groups is 1. The molecule has 2 N–H and O–H groups in total. The molecule has 14 heavy (non-hydrogen) atoms. The second-order valence-electron chi connectivity index (χ2n) is 3.03. The predicted molar refractivity (Wildman–Crippen MR) is 51.5 cm³/mol. The van der Waals surface area contributed by atoms with Crippen LogP contribution in [0.25, 0.3) is 0 Å². The van der Waals surface area contributed by atoms with Crippen molar-refractivity contribution in [2.45, 2.75) is 19.6 Å². The summed E-state index contributed by atoms with van der Waals surface area (Å²) < 4.78 is 13.0. The molecule has 0 saturated carbocycles. The van der Waals surface area contributed by atoms with Gasteiger partial charge in [0.2, 0.25) is 0 Å². The van der Waals surface area contributed by atoms with Gasteiger partial charge < -0.3 is 9.94 Å². The summed E-state index contributed by atoms with van der Waals surface area (Å²) in [7, 11) is 1.51. The molecule has 0 aliphatic carbocycles. The maximum Gasteiger partial charge on any atom is 0.126 e. The van der Waals surface area contributed by atoms with Gasteiger partial charge in [0, 0.05) is 12.1 Å². The fourth-order valence-corrected chi connectivity index (χ4v) is 1.19. The van der Waals surface area contributed by atoms with Gasteiger partial charge in [-0.1, -0.05) is 6.07 Å². The normalized spacial score (nSPS) is 12.8. The molecule has 0 bridgehead atoms. The molecule has 0 amide bonds. The Labute approximate surface area is 82.5 Å². The highest BCUT2D eigenvalue weighted by molar-refractivity contribution is 5.37. The van der Waals surface area contributed by atoms with Crippen LogP contribution in [0.1, 0.15) is 24.2 Å². The van der Waals surface area contributed by atoms with Crippen LogP contribution in [0, 0.1) is 0 Å². The summed E-state index contributed by atoms with van der Waals surface area (Å²) in [5.74, 6) is -0.0128. The van der Waals surface area contributed by atoms with Gasteiger partial charge >= 0.3 is 0 Å². The molecule has 4 heteroatoms. The Balaban J connectivity index is 2.83. The van der Waals surface area contributed by atoms with E-state index in [-0.39, 0.29) is 5.75 Å². The van der Waals surface area contributed by atoms with Crippen LogP contribution in [0.2, 0.25) is 0 Å². The van der Waals surface area contributed by atoms with Gasteiger partial charge in [-0.25, -0.2) is 4.39 Å². The van der Waals surface area contributed by atoms with E-state index in [1.165, 1.54) is 20.1 Å². The van der Waals surface area contributed by atoms with E-state index in [9.17, 15) is 9.50 Å². The molecular formula is C10H14FNO2. The quantitative estimate of drug-likeness (QED) is 0.729. The van der Waals surface area contributed by atoms with Crippen molar-refractivity contribution < 1.29 is 14.3 Å². The molecule has 0 aliphatic rings. The second-order valence-corrected chi connectivity index (χ2v) is 3.03. The van der Waals surface area contributed by atoms with E-state index >= 15 is 0 Å². The van der Waals surface area contributed by atoms with Crippen molar-refractivity contribution in [2.75, 3.05) is 7.11 Å². The number of hydroxylamine groups is 1. The first-order valence-electron chi connectivity index (χ1n) is 4.37. The molecule has 3 nitrogen and oxygen atoms in total. The number of alkyl halides is 1. The van der Waals surface area contributed by atoms with Crippen LogP contribution in [-0.2, 0) is 11.4 Å². The molecule has 0 spiro atoms. The molecule has 1 aromatic rings. The van der Waals surface area contributed by atoms with Crippen molar-refractivity contribution in [1.82, 2.24) is 5.48 Å². The molecule has 0 aliphatic heterocycles. The Bertz CT molecular complexity index is 302. The fourth-order valence-electron chi connectivity index (χ4n) is 1.19. The van der Waals surface area contributed by atoms with Crippen molar-refractivity contribution in [3.63, 3.8) is 0 Å². The Morgan fingerprint density at radius 1 is 1.57 bits per heavy atom. The number of phenols is 1. The first-order chi connectivity index (χ1) is 6.65. The van der Waals surface area contributed by atoms with E-state index < -0.39 is 6.17 Å². The first kappa shape index (κ1) is 10.9. The van der Waals surface area contributed by atoms with E-state index in [4.69, 9.17) is 0 Å². The zero-order valence-electron chi connectivity index (χ0n) is 8.25. The lowest BCUT2D eigenvalue weighted by atomic mass is 10.1. The van der Waals surface area contributed by atoms with E-state index in [0.717, 1.165) is 5.56 Å². The number of rotatable bonds is 4. The van der Waals surface area contributed by atoms with Crippen LogP contribution in [-0.4, -0.2) is 12.2 Å². The average Bonchev–Trinajstić information content (AvgIpc) is 2.16. The highest BCUT2D eigenvalue weighted by Gasteiger charge is 2.09. The second kappa shape index (κ2) is 4.93. The van der Waals surface area contributed by atoms with Gasteiger partial charge in [-0.2, -0.15) is 5.48 Å². The lowest BCUT2D eigenvalue weighted by Crippen LogP contribution is -2.10. The molecule has 0 saturated heterocycles. The molecular weight excluding hydrogens is 185 g/mol. The summed E-state index contributed by atoms with van der Waals surface area (Å²) in [6, 6.07) is 4.82. The van der Waals surface area contributed by atoms with E-state index in [0.29, 0.717) is 12.1 Å². The number of nitrogens with one attached hydrogen (secondary N) is 1. The van der Waals surface area contributed by atoms with Gasteiger partial charge in [0.1, 0.15) is 11.9 Å².